The number of nitrogens with one attached hydrogen (secondary N) is 1. The van der Waals surface area contributed by atoms with Crippen LogP contribution in [-0.4, -0.2) is 38.8 Å². The van der Waals surface area contributed by atoms with Crippen LogP contribution in [0.3, 0.4) is 0 Å². The molecule has 1 aliphatic heterocycles. The molecule has 0 bridgehead atoms. The van der Waals surface area contributed by atoms with Gasteiger partial charge in [0.2, 0.25) is 15.9 Å². The van der Waals surface area contributed by atoms with Gasteiger partial charge in [-0.1, -0.05) is 23.7 Å². The predicted octanol–water partition coefficient (Wildman–Crippen LogP) is 3.84. The molecular formula is C20H22ClFN2O4S. The first-order valence-corrected chi connectivity index (χ1v) is 11.0. The number of hydrogen-bond donors (Lipinski definition) is 1. The van der Waals surface area contributed by atoms with E-state index in [1.165, 1.54) is 29.6 Å². The smallest absolute Gasteiger partial charge is 0.245 e. The van der Waals surface area contributed by atoms with E-state index in [1.54, 1.807) is 12.1 Å². The van der Waals surface area contributed by atoms with Crippen LogP contribution in [0, 0.1) is 18.7 Å². The summed E-state index contributed by atoms with van der Waals surface area (Å²) in [5, 5.41) is 3.38. The van der Waals surface area contributed by atoms with E-state index >= 15 is 0 Å². The SMILES string of the molecule is COc1cc(Cl)c(C)cc1NC(=O)C1CCN(S(=O)(=O)c2ccccc2F)CC1. The minimum Gasteiger partial charge on any atom is -0.495 e. The average Bonchev–Trinajstić information content (AvgIpc) is 2.70. The number of amides is 1. The number of nitrogens with zero attached hydrogens (tertiary/aromatic N) is 1. The third-order valence-electron chi connectivity index (χ3n) is 5.02. The molecule has 1 heterocycles. The van der Waals surface area contributed by atoms with E-state index in [4.69, 9.17) is 16.3 Å². The second kappa shape index (κ2) is 8.69. The molecule has 29 heavy (non-hydrogen) atoms. The molecule has 1 N–H and O–H groups in total. The Balaban J connectivity index is 1.67. The molecule has 3 rings (SSSR count). The normalized spacial score (nSPS) is 15.9. The fraction of sp³-hybridized carbons (Fsp3) is 0.350. The number of sulfonamides is 1. The molecule has 0 radical (unpaired) electrons. The zero-order chi connectivity index (χ0) is 21.2. The van der Waals surface area contributed by atoms with Crippen LogP contribution in [0.5, 0.6) is 5.75 Å². The van der Waals surface area contributed by atoms with E-state index in [0.717, 1.165) is 11.6 Å². The first-order chi connectivity index (χ1) is 13.7. The van der Waals surface area contributed by atoms with E-state index in [9.17, 15) is 17.6 Å². The lowest BCUT2D eigenvalue weighted by molar-refractivity contribution is -0.120. The summed E-state index contributed by atoms with van der Waals surface area (Å²) in [7, 11) is -2.44. The summed E-state index contributed by atoms with van der Waals surface area (Å²) in [4.78, 5) is 12.3. The molecule has 1 fully saturated rings. The summed E-state index contributed by atoms with van der Waals surface area (Å²) >= 11 is 6.09. The highest BCUT2D eigenvalue weighted by atomic mass is 35.5. The van der Waals surface area contributed by atoms with E-state index < -0.39 is 15.8 Å². The van der Waals surface area contributed by atoms with Gasteiger partial charge in [0.05, 0.1) is 12.8 Å². The molecule has 9 heteroatoms. The number of methoxy groups -OCH3 is 1. The largest absolute Gasteiger partial charge is 0.495 e. The number of benzene rings is 2. The highest BCUT2D eigenvalue weighted by Gasteiger charge is 2.33. The van der Waals surface area contributed by atoms with Gasteiger partial charge in [0.25, 0.3) is 0 Å². The van der Waals surface area contributed by atoms with E-state index in [-0.39, 0.29) is 29.8 Å². The van der Waals surface area contributed by atoms with Crippen LogP contribution < -0.4 is 10.1 Å². The van der Waals surface area contributed by atoms with E-state index in [1.807, 2.05) is 6.92 Å². The van der Waals surface area contributed by atoms with Crippen LogP contribution >= 0.6 is 11.6 Å². The Morgan fingerprint density at radius 3 is 2.52 bits per heavy atom. The lowest BCUT2D eigenvalue weighted by Crippen LogP contribution is -2.41. The average molecular weight is 441 g/mol. The zero-order valence-corrected chi connectivity index (χ0v) is 17.7. The van der Waals surface area contributed by atoms with Crippen molar-refractivity contribution in [2.75, 3.05) is 25.5 Å². The minimum atomic E-state index is -3.93. The van der Waals surface area contributed by atoms with E-state index in [0.29, 0.717) is 29.3 Å². The molecular weight excluding hydrogens is 419 g/mol. The van der Waals surface area contributed by atoms with Crippen LogP contribution in [0.1, 0.15) is 18.4 Å². The van der Waals surface area contributed by atoms with Crippen molar-refractivity contribution in [1.82, 2.24) is 4.31 Å². The van der Waals surface area contributed by atoms with Crippen molar-refractivity contribution in [3.8, 4) is 5.75 Å². The Labute approximate surface area is 174 Å². The standard InChI is InChI=1S/C20H22ClFN2O4S/c1-13-11-17(18(28-2)12-15(13)21)23-20(25)14-7-9-24(10-8-14)29(26,27)19-6-4-3-5-16(19)22/h3-6,11-12,14H,7-10H2,1-2H3,(H,23,25). The van der Waals surface area contributed by atoms with Crippen LogP contribution in [-0.2, 0) is 14.8 Å². The van der Waals surface area contributed by atoms with Crippen LogP contribution in [0.4, 0.5) is 10.1 Å². The number of piperidine rings is 1. The second-order valence-corrected chi connectivity index (χ2v) is 9.21. The summed E-state index contributed by atoms with van der Waals surface area (Å²) in [6.07, 6.45) is 0.683. The molecule has 1 aliphatic rings. The monoisotopic (exact) mass is 440 g/mol. The summed E-state index contributed by atoms with van der Waals surface area (Å²) in [5.74, 6) is -0.901. The van der Waals surface area contributed by atoms with Crippen molar-refractivity contribution >= 4 is 33.2 Å². The summed E-state index contributed by atoms with van der Waals surface area (Å²) in [6, 6.07) is 8.66. The van der Waals surface area contributed by atoms with Gasteiger partial charge in [-0.3, -0.25) is 4.79 Å². The van der Waals surface area contributed by atoms with Gasteiger partial charge >= 0.3 is 0 Å². The van der Waals surface area contributed by atoms with Crippen molar-refractivity contribution < 1.29 is 22.3 Å². The van der Waals surface area contributed by atoms with Crippen LogP contribution in [0.25, 0.3) is 0 Å². The first-order valence-electron chi connectivity index (χ1n) is 9.13. The Bertz CT molecular complexity index is 1020. The molecule has 2 aromatic rings. The highest BCUT2D eigenvalue weighted by Crippen LogP contribution is 2.32. The van der Waals surface area contributed by atoms with Gasteiger partial charge < -0.3 is 10.1 Å². The van der Waals surface area contributed by atoms with Gasteiger partial charge in [-0.05, 0) is 43.5 Å². The molecule has 0 atom stereocenters. The van der Waals surface area contributed by atoms with Crippen molar-refractivity contribution in [2.24, 2.45) is 5.92 Å². The van der Waals surface area contributed by atoms with Crippen molar-refractivity contribution in [3.05, 3.63) is 52.8 Å². The molecule has 1 saturated heterocycles. The van der Waals surface area contributed by atoms with Gasteiger partial charge in [0.1, 0.15) is 16.5 Å². The number of hydrogen-bond acceptors (Lipinski definition) is 4. The number of ether oxygens (including phenoxy) is 1. The number of carbonyl (C=O) groups is 1. The molecule has 1 amide bonds. The molecule has 156 valence electrons. The van der Waals surface area contributed by atoms with Crippen molar-refractivity contribution in [2.45, 2.75) is 24.7 Å². The molecule has 0 unspecified atom stereocenters. The van der Waals surface area contributed by atoms with Crippen LogP contribution in [0.2, 0.25) is 5.02 Å². The van der Waals surface area contributed by atoms with Gasteiger partial charge in [-0.15, -0.1) is 0 Å². The number of carbonyl (C=O) groups excluding carboxylic acids is 1. The van der Waals surface area contributed by atoms with Gasteiger partial charge in [-0.25, -0.2) is 12.8 Å². The Kier molecular flexibility index (Phi) is 6.45. The lowest BCUT2D eigenvalue weighted by Gasteiger charge is -2.30. The van der Waals surface area contributed by atoms with Gasteiger partial charge in [0, 0.05) is 30.1 Å². The lowest BCUT2D eigenvalue weighted by atomic mass is 9.97. The fourth-order valence-corrected chi connectivity index (χ4v) is 5.00. The Morgan fingerprint density at radius 1 is 1.24 bits per heavy atom. The molecule has 0 spiro atoms. The number of rotatable bonds is 5. The molecule has 0 aliphatic carbocycles. The quantitative estimate of drug-likeness (QED) is 0.766. The molecule has 0 saturated carbocycles. The van der Waals surface area contributed by atoms with E-state index in [2.05, 4.69) is 5.32 Å². The number of halogens is 2. The van der Waals surface area contributed by atoms with Crippen molar-refractivity contribution in [3.63, 3.8) is 0 Å². The van der Waals surface area contributed by atoms with Crippen molar-refractivity contribution in [1.29, 1.82) is 0 Å². The topological polar surface area (TPSA) is 75.7 Å². The predicted molar refractivity (Wildman–Crippen MR) is 109 cm³/mol. The van der Waals surface area contributed by atoms with Gasteiger partial charge in [0.15, 0.2) is 0 Å². The Morgan fingerprint density at radius 2 is 1.90 bits per heavy atom. The molecule has 2 aromatic carbocycles. The summed E-state index contributed by atoms with van der Waals surface area (Å²) < 4.78 is 45.8. The third-order valence-corrected chi connectivity index (χ3v) is 7.36. The van der Waals surface area contributed by atoms with Crippen LogP contribution in [0.15, 0.2) is 41.3 Å². The summed E-state index contributed by atoms with van der Waals surface area (Å²) in [6.45, 7) is 2.11. The maximum absolute atomic E-state index is 13.9. The zero-order valence-electron chi connectivity index (χ0n) is 16.1. The maximum Gasteiger partial charge on any atom is 0.245 e. The summed E-state index contributed by atoms with van der Waals surface area (Å²) in [5.41, 5.74) is 1.31. The second-order valence-electron chi connectivity index (χ2n) is 6.90. The number of anilines is 1. The minimum absolute atomic E-state index is 0.144. The van der Waals surface area contributed by atoms with Gasteiger partial charge in [-0.2, -0.15) is 4.31 Å². The Hall–Kier alpha value is -2.16. The third kappa shape index (κ3) is 4.55. The number of aryl methyl sites for hydroxylation is 1. The molecule has 0 aromatic heterocycles. The first kappa shape index (κ1) is 21.5. The fourth-order valence-electron chi connectivity index (χ4n) is 3.32. The molecule has 6 nitrogen and oxygen atoms in total. The highest BCUT2D eigenvalue weighted by molar-refractivity contribution is 7.89. The maximum atomic E-state index is 13.9.